The van der Waals surface area contributed by atoms with Crippen molar-refractivity contribution in [3.05, 3.63) is 59.7 Å². The Morgan fingerprint density at radius 2 is 1.85 bits per heavy atom. The molecule has 27 heavy (non-hydrogen) atoms. The normalized spacial score (nSPS) is 26.1. The highest BCUT2D eigenvalue weighted by atomic mass is 16.6. The lowest BCUT2D eigenvalue weighted by molar-refractivity contribution is -0.133. The first kappa shape index (κ1) is 16.2. The summed E-state index contributed by atoms with van der Waals surface area (Å²) in [5.74, 6) is 1.13. The number of benzene rings is 2. The highest BCUT2D eigenvalue weighted by Gasteiger charge is 2.54. The van der Waals surface area contributed by atoms with Gasteiger partial charge in [-0.3, -0.25) is 9.69 Å². The van der Waals surface area contributed by atoms with Crippen molar-refractivity contribution >= 4 is 11.9 Å². The van der Waals surface area contributed by atoms with Crippen LogP contribution in [-0.4, -0.2) is 36.1 Å². The average Bonchev–Trinajstić information content (AvgIpc) is 2.93. The van der Waals surface area contributed by atoms with E-state index in [2.05, 4.69) is 5.32 Å². The molecule has 0 unspecified atom stereocenters. The number of rotatable bonds is 2. The number of aryl methyl sites for hydroxylation is 1. The molecule has 1 saturated heterocycles. The van der Waals surface area contributed by atoms with Gasteiger partial charge in [-0.2, -0.15) is 0 Å². The van der Waals surface area contributed by atoms with Gasteiger partial charge in [0.05, 0.1) is 6.54 Å². The molecule has 2 aliphatic heterocycles. The summed E-state index contributed by atoms with van der Waals surface area (Å²) in [6, 6.07) is 14.9. The van der Waals surface area contributed by atoms with E-state index in [0.717, 1.165) is 24.0 Å². The summed E-state index contributed by atoms with van der Waals surface area (Å²) >= 11 is 0. The zero-order chi connectivity index (χ0) is 18.4. The lowest BCUT2D eigenvalue weighted by atomic mass is 9.76. The van der Waals surface area contributed by atoms with Gasteiger partial charge in [0.25, 0.3) is 5.91 Å². The van der Waals surface area contributed by atoms with Gasteiger partial charge in [0, 0.05) is 0 Å². The molecule has 0 bridgehead atoms. The van der Waals surface area contributed by atoms with Crippen molar-refractivity contribution in [3.8, 4) is 11.5 Å². The van der Waals surface area contributed by atoms with Crippen LogP contribution in [0.1, 0.15) is 24.0 Å². The van der Waals surface area contributed by atoms with Crippen molar-refractivity contribution in [1.82, 2.24) is 10.2 Å². The molecule has 2 heterocycles. The summed E-state index contributed by atoms with van der Waals surface area (Å²) < 4.78 is 11.7. The van der Waals surface area contributed by atoms with E-state index >= 15 is 0 Å². The van der Waals surface area contributed by atoms with E-state index in [1.807, 2.05) is 48.5 Å². The molecule has 2 atom stereocenters. The summed E-state index contributed by atoms with van der Waals surface area (Å²) in [5, 5.41) is 2.98. The maximum atomic E-state index is 13.3. The van der Waals surface area contributed by atoms with E-state index in [9.17, 15) is 9.59 Å². The third kappa shape index (κ3) is 2.47. The quantitative estimate of drug-likeness (QED) is 0.832. The van der Waals surface area contributed by atoms with Crippen LogP contribution in [0.15, 0.2) is 48.5 Å². The second-order valence-electron chi connectivity index (χ2n) is 7.26. The standard InChI is InChI=1S/C21H20N2O4/c24-19-21(11-5-7-14-6-1-2-8-16(14)21)22-20(25)23(19)12-15-13-26-17-9-3-4-10-18(17)27-15/h1-4,6,8-10,15H,5,7,11-13H2,(H,22,25)/t15-,21+/m0/s1. The first-order valence-corrected chi connectivity index (χ1v) is 9.28. The van der Waals surface area contributed by atoms with Gasteiger partial charge in [-0.1, -0.05) is 36.4 Å². The van der Waals surface area contributed by atoms with Crippen molar-refractivity contribution in [2.75, 3.05) is 13.2 Å². The number of para-hydroxylation sites is 2. The average molecular weight is 364 g/mol. The van der Waals surface area contributed by atoms with Crippen molar-refractivity contribution in [3.63, 3.8) is 0 Å². The number of hydrogen-bond donors (Lipinski definition) is 1. The molecular formula is C21H20N2O4. The minimum absolute atomic E-state index is 0.170. The Morgan fingerprint density at radius 1 is 1.07 bits per heavy atom. The summed E-state index contributed by atoms with van der Waals surface area (Å²) in [4.78, 5) is 27.3. The number of hydrogen-bond acceptors (Lipinski definition) is 4. The zero-order valence-electron chi connectivity index (χ0n) is 14.8. The van der Waals surface area contributed by atoms with Crippen LogP contribution < -0.4 is 14.8 Å². The Hall–Kier alpha value is -3.02. The zero-order valence-corrected chi connectivity index (χ0v) is 14.8. The number of imide groups is 1. The van der Waals surface area contributed by atoms with Gasteiger partial charge in [-0.25, -0.2) is 4.79 Å². The Bertz CT molecular complexity index is 928. The maximum absolute atomic E-state index is 13.3. The molecule has 1 N–H and O–H groups in total. The fraction of sp³-hybridized carbons (Fsp3) is 0.333. The number of nitrogens with zero attached hydrogens (tertiary/aromatic N) is 1. The van der Waals surface area contributed by atoms with Crippen LogP contribution in [0.25, 0.3) is 0 Å². The number of fused-ring (bicyclic) bond motifs is 3. The van der Waals surface area contributed by atoms with Crippen LogP contribution in [0.5, 0.6) is 11.5 Å². The number of carbonyl (C=O) groups is 2. The first-order valence-electron chi connectivity index (χ1n) is 9.28. The minimum Gasteiger partial charge on any atom is -0.486 e. The molecule has 2 aromatic rings. The lowest BCUT2D eigenvalue weighted by Crippen LogP contribution is -2.48. The van der Waals surface area contributed by atoms with Crippen molar-refractivity contribution < 1.29 is 19.1 Å². The maximum Gasteiger partial charge on any atom is 0.325 e. The summed E-state index contributed by atoms with van der Waals surface area (Å²) in [6.07, 6.45) is 2.03. The van der Waals surface area contributed by atoms with Crippen LogP contribution >= 0.6 is 0 Å². The van der Waals surface area contributed by atoms with Gasteiger partial charge < -0.3 is 14.8 Å². The lowest BCUT2D eigenvalue weighted by Gasteiger charge is -2.33. The number of ether oxygens (including phenoxy) is 2. The summed E-state index contributed by atoms with van der Waals surface area (Å²) in [5.41, 5.74) is 1.10. The van der Waals surface area contributed by atoms with Gasteiger partial charge in [0.2, 0.25) is 0 Å². The van der Waals surface area contributed by atoms with Crippen molar-refractivity contribution in [2.24, 2.45) is 0 Å². The SMILES string of the molecule is O=C1N[C@@]2(CCCc3ccccc32)C(=O)N1C[C@H]1COc2ccccc2O1. The fourth-order valence-electron chi connectivity index (χ4n) is 4.33. The van der Waals surface area contributed by atoms with Crippen molar-refractivity contribution in [2.45, 2.75) is 30.9 Å². The molecule has 3 aliphatic rings. The molecule has 3 amide bonds. The Balaban J connectivity index is 1.40. The third-order valence-corrected chi connectivity index (χ3v) is 5.60. The molecule has 0 saturated carbocycles. The molecule has 6 nitrogen and oxygen atoms in total. The molecule has 6 heteroatoms. The van der Waals surface area contributed by atoms with E-state index in [0.29, 0.717) is 24.5 Å². The third-order valence-electron chi connectivity index (χ3n) is 5.60. The predicted molar refractivity (Wildman–Crippen MR) is 97.7 cm³/mol. The van der Waals surface area contributed by atoms with Gasteiger partial charge >= 0.3 is 6.03 Å². The van der Waals surface area contributed by atoms with E-state index < -0.39 is 5.54 Å². The smallest absolute Gasteiger partial charge is 0.325 e. The highest BCUT2D eigenvalue weighted by molar-refractivity contribution is 6.07. The van der Waals surface area contributed by atoms with Crippen LogP contribution in [0.4, 0.5) is 4.79 Å². The molecular weight excluding hydrogens is 344 g/mol. The van der Waals surface area contributed by atoms with Gasteiger partial charge in [-0.05, 0) is 42.5 Å². The number of nitrogens with one attached hydrogen (secondary N) is 1. The molecule has 0 aromatic heterocycles. The van der Waals surface area contributed by atoms with E-state index in [-0.39, 0.29) is 24.6 Å². The minimum atomic E-state index is -0.945. The van der Waals surface area contributed by atoms with Crippen LogP contribution in [-0.2, 0) is 16.8 Å². The molecule has 138 valence electrons. The summed E-state index contributed by atoms with van der Waals surface area (Å²) in [7, 11) is 0. The predicted octanol–water partition coefficient (Wildman–Crippen LogP) is 2.61. The first-order chi connectivity index (χ1) is 13.2. The summed E-state index contributed by atoms with van der Waals surface area (Å²) in [6.45, 7) is 0.473. The fourth-order valence-corrected chi connectivity index (χ4v) is 4.33. The molecule has 1 spiro atoms. The van der Waals surface area contributed by atoms with Gasteiger partial charge in [0.1, 0.15) is 12.1 Å². The highest BCUT2D eigenvalue weighted by Crippen LogP contribution is 2.40. The second-order valence-corrected chi connectivity index (χ2v) is 7.26. The van der Waals surface area contributed by atoms with E-state index in [1.54, 1.807) is 0 Å². The Morgan fingerprint density at radius 3 is 2.74 bits per heavy atom. The number of amides is 3. The van der Waals surface area contributed by atoms with E-state index in [1.165, 1.54) is 4.90 Å². The molecule has 0 radical (unpaired) electrons. The van der Waals surface area contributed by atoms with Crippen LogP contribution in [0, 0.1) is 0 Å². The molecule has 1 aliphatic carbocycles. The second kappa shape index (κ2) is 6.01. The topological polar surface area (TPSA) is 67.9 Å². The van der Waals surface area contributed by atoms with Gasteiger partial charge in [0.15, 0.2) is 17.6 Å². The number of urea groups is 1. The van der Waals surface area contributed by atoms with Crippen LogP contribution in [0.2, 0.25) is 0 Å². The number of carbonyl (C=O) groups excluding carboxylic acids is 2. The van der Waals surface area contributed by atoms with E-state index in [4.69, 9.17) is 9.47 Å². The largest absolute Gasteiger partial charge is 0.486 e. The van der Waals surface area contributed by atoms with Gasteiger partial charge in [-0.15, -0.1) is 0 Å². The monoisotopic (exact) mass is 364 g/mol. The molecule has 5 rings (SSSR count). The Kier molecular flexibility index (Phi) is 3.60. The Labute approximate surface area is 157 Å². The van der Waals surface area contributed by atoms with Crippen LogP contribution in [0.3, 0.4) is 0 Å². The van der Waals surface area contributed by atoms with Crippen molar-refractivity contribution in [1.29, 1.82) is 0 Å². The molecule has 1 fully saturated rings. The molecule has 2 aromatic carbocycles.